The van der Waals surface area contributed by atoms with Crippen molar-refractivity contribution < 1.29 is 27.9 Å². The van der Waals surface area contributed by atoms with Crippen molar-refractivity contribution in [2.75, 3.05) is 0 Å². The van der Waals surface area contributed by atoms with Gasteiger partial charge in [-0.3, -0.25) is 4.79 Å². The molecule has 0 bridgehead atoms. The van der Waals surface area contributed by atoms with E-state index in [9.17, 15) is 22.8 Å². The Morgan fingerprint density at radius 1 is 1.20 bits per heavy atom. The number of halogens is 3. The first-order valence-corrected chi connectivity index (χ1v) is 5.69. The summed E-state index contributed by atoms with van der Waals surface area (Å²) in [6, 6.07) is 4.56. The molecule has 0 radical (unpaired) electrons. The van der Waals surface area contributed by atoms with Gasteiger partial charge in [-0.25, -0.2) is 4.79 Å². The maximum absolute atomic E-state index is 12.8. The molecule has 1 atom stereocenters. The molecule has 0 aromatic heterocycles. The number of benzene rings is 1. The van der Waals surface area contributed by atoms with E-state index in [-0.39, 0.29) is 5.56 Å². The molecule has 20 heavy (non-hydrogen) atoms. The molecule has 1 unspecified atom stereocenters. The molecular formula is C13H14F3NO3. The Bertz CT molecular complexity index is 554. The van der Waals surface area contributed by atoms with Gasteiger partial charge in [-0.05, 0) is 38.0 Å². The molecule has 0 saturated carbocycles. The van der Waals surface area contributed by atoms with E-state index in [2.05, 4.69) is 0 Å². The van der Waals surface area contributed by atoms with E-state index in [0.717, 1.165) is 5.56 Å². The summed E-state index contributed by atoms with van der Waals surface area (Å²) in [5.74, 6) is -3.24. The number of aryl methyl sites for hydroxylation is 1. The van der Waals surface area contributed by atoms with Crippen LogP contribution < -0.4 is 5.32 Å². The fourth-order valence-corrected chi connectivity index (χ4v) is 1.54. The minimum Gasteiger partial charge on any atom is -0.479 e. The summed E-state index contributed by atoms with van der Waals surface area (Å²) in [6.07, 6.45) is -5.10. The molecule has 0 saturated heterocycles. The van der Waals surface area contributed by atoms with E-state index in [1.54, 1.807) is 25.2 Å². The molecule has 2 N–H and O–H groups in total. The van der Waals surface area contributed by atoms with Gasteiger partial charge in [-0.2, -0.15) is 13.2 Å². The zero-order chi connectivity index (χ0) is 15.7. The van der Waals surface area contributed by atoms with Crippen molar-refractivity contribution in [1.29, 1.82) is 0 Å². The van der Waals surface area contributed by atoms with E-state index >= 15 is 0 Å². The minimum atomic E-state index is -5.10. The summed E-state index contributed by atoms with van der Waals surface area (Å²) in [7, 11) is 0. The summed E-state index contributed by atoms with van der Waals surface area (Å²) in [4.78, 5) is 22.8. The highest BCUT2D eigenvalue weighted by Crippen LogP contribution is 2.31. The van der Waals surface area contributed by atoms with Gasteiger partial charge in [0.25, 0.3) is 5.91 Å². The number of carbonyl (C=O) groups is 2. The van der Waals surface area contributed by atoms with Gasteiger partial charge in [-0.15, -0.1) is 0 Å². The van der Waals surface area contributed by atoms with Crippen LogP contribution in [-0.4, -0.2) is 28.7 Å². The van der Waals surface area contributed by atoms with Gasteiger partial charge in [0, 0.05) is 5.56 Å². The largest absolute Gasteiger partial charge is 0.479 e. The van der Waals surface area contributed by atoms with Crippen molar-refractivity contribution >= 4 is 11.9 Å². The first-order chi connectivity index (χ1) is 9.00. The lowest BCUT2D eigenvalue weighted by molar-refractivity contribution is -0.203. The Labute approximate surface area is 113 Å². The molecule has 1 aromatic carbocycles. The fourth-order valence-electron chi connectivity index (χ4n) is 1.54. The Morgan fingerprint density at radius 2 is 1.75 bits per heavy atom. The van der Waals surface area contributed by atoms with Crippen LogP contribution >= 0.6 is 0 Å². The Morgan fingerprint density at radius 3 is 2.20 bits per heavy atom. The zero-order valence-electron chi connectivity index (χ0n) is 11.1. The van der Waals surface area contributed by atoms with Crippen LogP contribution in [0.15, 0.2) is 18.2 Å². The molecule has 0 aliphatic heterocycles. The first kappa shape index (κ1) is 16.0. The summed E-state index contributed by atoms with van der Waals surface area (Å²) < 4.78 is 38.4. The number of nitrogens with one attached hydrogen (secondary N) is 1. The maximum Gasteiger partial charge on any atom is 0.422 e. The van der Waals surface area contributed by atoms with Gasteiger partial charge < -0.3 is 10.4 Å². The normalized spacial score (nSPS) is 14.5. The van der Waals surface area contributed by atoms with Crippen molar-refractivity contribution in [2.45, 2.75) is 32.5 Å². The van der Waals surface area contributed by atoms with E-state index in [4.69, 9.17) is 5.11 Å². The van der Waals surface area contributed by atoms with Crippen molar-refractivity contribution in [3.8, 4) is 0 Å². The highest BCUT2D eigenvalue weighted by atomic mass is 19.4. The first-order valence-electron chi connectivity index (χ1n) is 5.69. The number of carboxylic acids is 1. The lowest BCUT2D eigenvalue weighted by atomic mass is 9.98. The number of rotatable bonds is 3. The minimum absolute atomic E-state index is 0.0155. The van der Waals surface area contributed by atoms with Gasteiger partial charge in [0.2, 0.25) is 5.54 Å². The van der Waals surface area contributed by atoms with E-state index in [0.29, 0.717) is 12.5 Å². The molecule has 1 rings (SSSR count). The van der Waals surface area contributed by atoms with Gasteiger partial charge in [0.1, 0.15) is 0 Å². The summed E-state index contributed by atoms with van der Waals surface area (Å²) >= 11 is 0. The van der Waals surface area contributed by atoms with Gasteiger partial charge >= 0.3 is 12.1 Å². The van der Waals surface area contributed by atoms with Crippen LogP contribution in [0.2, 0.25) is 0 Å². The van der Waals surface area contributed by atoms with Gasteiger partial charge in [0.05, 0.1) is 0 Å². The van der Waals surface area contributed by atoms with E-state index in [1.165, 1.54) is 12.1 Å². The predicted octanol–water partition coefficient (Wildman–Crippen LogP) is 2.44. The molecule has 1 amide bonds. The van der Waals surface area contributed by atoms with Crippen LogP contribution in [-0.2, 0) is 4.79 Å². The third kappa shape index (κ3) is 2.76. The molecular weight excluding hydrogens is 275 g/mol. The molecule has 4 nitrogen and oxygen atoms in total. The lowest BCUT2D eigenvalue weighted by Gasteiger charge is -2.28. The standard InChI is InChI=1S/C13H14F3NO3/c1-7-5-4-6-9(8(7)2)10(18)17-12(3,11(19)20)13(14,15)16/h4-6H,1-3H3,(H,17,18)(H,19,20). The monoisotopic (exact) mass is 289 g/mol. The van der Waals surface area contributed by atoms with Crippen molar-refractivity contribution in [2.24, 2.45) is 0 Å². The second kappa shape index (κ2) is 5.15. The molecule has 0 heterocycles. The van der Waals surface area contributed by atoms with Crippen LogP contribution in [0.3, 0.4) is 0 Å². The molecule has 0 aliphatic rings. The third-order valence-electron chi connectivity index (χ3n) is 3.21. The number of carboxylic acid groups (broad SMARTS) is 1. The lowest BCUT2D eigenvalue weighted by Crippen LogP contribution is -2.62. The van der Waals surface area contributed by atoms with Crippen molar-refractivity contribution in [3.63, 3.8) is 0 Å². The second-order valence-corrected chi connectivity index (χ2v) is 4.63. The maximum atomic E-state index is 12.8. The summed E-state index contributed by atoms with van der Waals surface area (Å²) in [5.41, 5.74) is -2.09. The smallest absolute Gasteiger partial charge is 0.422 e. The molecule has 7 heteroatoms. The predicted molar refractivity (Wildman–Crippen MR) is 65.5 cm³/mol. The van der Waals surface area contributed by atoms with Gasteiger partial charge in [-0.1, -0.05) is 12.1 Å². The van der Waals surface area contributed by atoms with Crippen LogP contribution in [0.5, 0.6) is 0 Å². The molecule has 0 aliphatic carbocycles. The highest BCUT2D eigenvalue weighted by Gasteiger charge is 2.58. The molecule has 110 valence electrons. The molecule has 0 fully saturated rings. The molecule has 0 spiro atoms. The van der Waals surface area contributed by atoms with Gasteiger partial charge in [0.15, 0.2) is 0 Å². The number of alkyl halides is 3. The van der Waals surface area contributed by atoms with Crippen LogP contribution in [0, 0.1) is 13.8 Å². The SMILES string of the molecule is Cc1cccc(C(=O)NC(C)(C(=O)O)C(F)(F)F)c1C. The average molecular weight is 289 g/mol. The van der Waals surface area contributed by atoms with E-state index < -0.39 is 23.6 Å². The third-order valence-corrected chi connectivity index (χ3v) is 3.21. The Balaban J connectivity index is 3.17. The fraction of sp³-hybridized carbons (Fsp3) is 0.385. The Kier molecular flexibility index (Phi) is 4.12. The summed E-state index contributed by atoms with van der Waals surface area (Å²) in [5, 5.41) is 10.3. The average Bonchev–Trinajstić information content (AvgIpc) is 2.30. The highest BCUT2D eigenvalue weighted by molar-refractivity contribution is 5.99. The second-order valence-electron chi connectivity index (χ2n) is 4.63. The summed E-state index contributed by atoms with van der Waals surface area (Å²) in [6.45, 7) is 3.70. The van der Waals surface area contributed by atoms with Crippen molar-refractivity contribution in [3.05, 3.63) is 34.9 Å². The number of amides is 1. The van der Waals surface area contributed by atoms with Crippen molar-refractivity contribution in [1.82, 2.24) is 5.32 Å². The number of hydrogen-bond donors (Lipinski definition) is 2. The molecule has 1 aromatic rings. The van der Waals surface area contributed by atoms with E-state index in [1.807, 2.05) is 0 Å². The number of hydrogen-bond acceptors (Lipinski definition) is 2. The van der Waals surface area contributed by atoms with Crippen LogP contribution in [0.1, 0.15) is 28.4 Å². The number of aliphatic carboxylic acids is 1. The topological polar surface area (TPSA) is 66.4 Å². The Hall–Kier alpha value is -2.05. The zero-order valence-corrected chi connectivity index (χ0v) is 11.1. The van der Waals surface area contributed by atoms with Crippen LogP contribution in [0.25, 0.3) is 0 Å². The van der Waals surface area contributed by atoms with Crippen LogP contribution in [0.4, 0.5) is 13.2 Å². The quantitative estimate of drug-likeness (QED) is 0.898. The number of carbonyl (C=O) groups excluding carboxylic acids is 1.